The Balaban J connectivity index is -0.0000000800. The molecule has 0 rings (SSSR count). The smallest absolute Gasteiger partial charge is 0.303 e. The van der Waals surface area contributed by atoms with Crippen molar-refractivity contribution >= 4 is 25.2 Å². The van der Waals surface area contributed by atoms with Gasteiger partial charge in [-0.05, 0) is 0 Å². The van der Waals surface area contributed by atoms with E-state index < -0.39 is 7.82 Å². The molecule has 0 aliphatic heterocycles. The summed E-state index contributed by atoms with van der Waals surface area (Å²) >= 11 is 0. The predicted molar refractivity (Wildman–Crippen MR) is 20.0 cm³/mol. The predicted octanol–water partition coefficient (Wildman–Crippen LogP) is -4.31. The molecule has 0 atom stereocenters. The summed E-state index contributed by atoms with van der Waals surface area (Å²) in [5.74, 6) is 0. The van der Waals surface area contributed by atoms with E-state index >= 15 is 0 Å². The van der Waals surface area contributed by atoms with Gasteiger partial charge in [-0.1, -0.05) is 0 Å². The van der Waals surface area contributed by atoms with Crippen LogP contribution in [0.15, 0.2) is 0 Å². The maximum absolute atomic E-state index is 8.88. The van der Waals surface area contributed by atoms with Crippen LogP contribution in [0.4, 0.5) is 0 Å². The molecule has 32 valence electrons. The van der Waals surface area contributed by atoms with Crippen LogP contribution in [-0.4, -0.2) is 32.0 Å². The summed E-state index contributed by atoms with van der Waals surface area (Å²) in [5, 5.41) is 0. The third-order valence-electron chi connectivity index (χ3n) is 0. The molecule has 0 aliphatic carbocycles. The maximum Gasteiger partial charge on any atom is 3.00 e. The van der Waals surface area contributed by atoms with Crippen molar-refractivity contribution in [3.63, 3.8) is 0 Å². The van der Waals surface area contributed by atoms with Crippen molar-refractivity contribution in [3.05, 3.63) is 0 Å². The first-order valence-corrected chi connectivity index (χ1v) is 2.35. The number of rotatable bonds is 0. The van der Waals surface area contributed by atoms with Gasteiger partial charge in [-0.15, -0.1) is 0 Å². The molecule has 0 heterocycles. The van der Waals surface area contributed by atoms with Gasteiger partial charge in [0.1, 0.15) is 0 Å². The molecule has 0 aromatic carbocycles. The molecule has 7 heavy (non-hydrogen) atoms. The first-order valence-electron chi connectivity index (χ1n) is 0.783. The topological polar surface area (TPSA) is 77.8 Å². The van der Waals surface area contributed by atoms with Crippen molar-refractivity contribution in [2.75, 3.05) is 0 Å². The van der Waals surface area contributed by atoms with E-state index in [4.69, 9.17) is 19.2 Å². The average Bonchev–Trinajstić information content (AvgIpc) is 0.722. The van der Waals surface area contributed by atoms with E-state index in [0.29, 0.717) is 0 Å². The molecule has 0 aromatic rings. The Kier molecular flexibility index (Phi) is 12.1. The van der Waals surface area contributed by atoms with Crippen LogP contribution in [0.3, 0.4) is 0 Å². The molecule has 0 unspecified atom stereocenters. The van der Waals surface area contributed by atoms with Crippen molar-refractivity contribution < 1.29 is 38.1 Å². The van der Waals surface area contributed by atoms with Gasteiger partial charge in [0, 0.05) is 0 Å². The monoisotopic (exact) mass is 132 g/mol. The van der Waals surface area contributed by atoms with Crippen LogP contribution in [0.1, 0.15) is 0 Å². The summed E-state index contributed by atoms with van der Waals surface area (Å²) in [6.45, 7) is 0. The maximum atomic E-state index is 8.88. The second kappa shape index (κ2) is 5.38. The summed E-state index contributed by atoms with van der Waals surface area (Å²) in [7, 11) is -4.64. The van der Waals surface area contributed by atoms with Crippen LogP contribution in [0.25, 0.3) is 0 Å². The van der Waals surface area contributed by atoms with Gasteiger partial charge in [0.25, 0.3) is 0 Å². The molecular weight excluding hydrogens is 129 g/mol. The van der Waals surface area contributed by atoms with Crippen LogP contribution < -0.4 is 18.9 Å². The van der Waals surface area contributed by atoms with Crippen molar-refractivity contribution in [1.82, 2.24) is 0 Å². The summed E-state index contributed by atoms with van der Waals surface area (Å²) in [5.41, 5.74) is 0. The van der Waals surface area contributed by atoms with Gasteiger partial charge in [-0.25, -0.2) is 4.57 Å². The fourth-order valence-electron chi connectivity index (χ4n) is 0. The van der Waals surface area contributed by atoms with Crippen molar-refractivity contribution in [1.29, 1.82) is 0 Å². The quantitative estimate of drug-likeness (QED) is 0.230. The van der Waals surface area contributed by atoms with Crippen molar-refractivity contribution in [3.8, 4) is 0 Å². The Bertz CT molecular complexity index is 57.8. The normalized spacial score (nSPS) is 8.43. The molecule has 4 nitrogen and oxygen atoms in total. The molecule has 0 fully saturated rings. The standard InChI is InChI=1S/Al.Li.H3O4P/c;;1-5(2,3)4/h;;(H3,1,2,3,4)/q+3;+1;. The zero-order valence-corrected chi connectivity index (χ0v) is 5.82. The zero-order chi connectivity index (χ0) is 4.50. The van der Waals surface area contributed by atoms with Crippen LogP contribution in [0.5, 0.6) is 0 Å². The van der Waals surface area contributed by atoms with Gasteiger partial charge in [0.2, 0.25) is 0 Å². The van der Waals surface area contributed by atoms with Crippen LogP contribution >= 0.6 is 7.82 Å². The third-order valence-corrected chi connectivity index (χ3v) is 0. The molecule has 0 aromatic heterocycles. The zero-order valence-electron chi connectivity index (χ0n) is 3.77. The van der Waals surface area contributed by atoms with Gasteiger partial charge in [-0.3, -0.25) is 0 Å². The molecule has 3 N–H and O–H groups in total. The minimum absolute atomic E-state index is 0. The first-order chi connectivity index (χ1) is 2.00. The van der Waals surface area contributed by atoms with E-state index in [0.717, 1.165) is 0 Å². The Morgan fingerprint density at radius 1 is 1.14 bits per heavy atom. The molecule has 0 radical (unpaired) electrons. The van der Waals surface area contributed by atoms with Gasteiger partial charge in [0.05, 0.1) is 0 Å². The van der Waals surface area contributed by atoms with Gasteiger partial charge in [-0.2, -0.15) is 0 Å². The molecular formula is H3AlLiO4P+4. The number of phosphoric acid groups is 1. The Morgan fingerprint density at radius 3 is 1.14 bits per heavy atom. The van der Waals surface area contributed by atoms with Crippen LogP contribution in [-0.2, 0) is 4.57 Å². The number of hydrogen-bond acceptors (Lipinski definition) is 1. The molecule has 0 saturated heterocycles. The van der Waals surface area contributed by atoms with E-state index in [-0.39, 0.29) is 36.2 Å². The molecule has 0 saturated carbocycles. The van der Waals surface area contributed by atoms with Gasteiger partial charge in [0.15, 0.2) is 0 Å². The minimum Gasteiger partial charge on any atom is -0.303 e. The second-order valence-electron chi connectivity index (χ2n) is 0.513. The fourth-order valence-corrected chi connectivity index (χ4v) is 0. The summed E-state index contributed by atoms with van der Waals surface area (Å²) < 4.78 is 8.88. The van der Waals surface area contributed by atoms with E-state index in [1.807, 2.05) is 0 Å². The fraction of sp³-hybridized carbons (Fsp3) is 0. The molecule has 0 spiro atoms. The summed E-state index contributed by atoms with van der Waals surface area (Å²) in [4.78, 5) is 21.6. The largest absolute Gasteiger partial charge is 3.00 e. The van der Waals surface area contributed by atoms with Gasteiger partial charge < -0.3 is 14.7 Å². The van der Waals surface area contributed by atoms with Gasteiger partial charge >= 0.3 is 44.0 Å². The Labute approximate surface area is 63.5 Å². The molecule has 7 heteroatoms. The SMILES string of the molecule is O=P(O)(O)O.[Al+3].[Li+]. The summed E-state index contributed by atoms with van der Waals surface area (Å²) in [6.07, 6.45) is 0. The number of hydrogen-bond donors (Lipinski definition) is 3. The van der Waals surface area contributed by atoms with E-state index in [1.165, 1.54) is 0 Å². The molecule has 0 bridgehead atoms. The first kappa shape index (κ1) is 15.7. The minimum atomic E-state index is -4.64. The van der Waals surface area contributed by atoms with Crippen LogP contribution in [0, 0.1) is 0 Å². The second-order valence-corrected chi connectivity index (χ2v) is 1.54. The molecule has 0 amide bonds. The Morgan fingerprint density at radius 2 is 1.14 bits per heavy atom. The van der Waals surface area contributed by atoms with E-state index in [1.54, 1.807) is 0 Å². The van der Waals surface area contributed by atoms with Crippen LogP contribution in [0.2, 0.25) is 0 Å². The summed E-state index contributed by atoms with van der Waals surface area (Å²) in [6, 6.07) is 0. The van der Waals surface area contributed by atoms with E-state index in [2.05, 4.69) is 0 Å². The molecule has 0 aliphatic rings. The average molecular weight is 132 g/mol. The Hall–Kier alpha value is 1.24. The third kappa shape index (κ3) is 129. The van der Waals surface area contributed by atoms with Crippen molar-refractivity contribution in [2.45, 2.75) is 0 Å². The van der Waals surface area contributed by atoms with E-state index in [9.17, 15) is 0 Å². The van der Waals surface area contributed by atoms with Crippen molar-refractivity contribution in [2.24, 2.45) is 0 Å².